The standard InChI is InChI=1S/C17H28N2O/c1-14(2)10-18-11-16-6-4-8-19(13-16)12-15-5-3-7-17(20)9-15/h3,5,7,9,14,16,18,20H,4,6,8,10-13H2,1-2H3. The molecule has 3 nitrogen and oxygen atoms in total. The molecule has 0 aromatic heterocycles. The van der Waals surface area contributed by atoms with Gasteiger partial charge >= 0.3 is 0 Å². The summed E-state index contributed by atoms with van der Waals surface area (Å²) in [5.74, 6) is 1.86. The van der Waals surface area contributed by atoms with E-state index in [0.29, 0.717) is 5.75 Å². The fourth-order valence-electron chi connectivity index (χ4n) is 2.95. The minimum absolute atomic E-state index is 0.370. The van der Waals surface area contributed by atoms with E-state index in [9.17, 15) is 5.11 Å². The molecule has 2 N–H and O–H groups in total. The summed E-state index contributed by atoms with van der Waals surface area (Å²) < 4.78 is 0. The first-order valence-electron chi connectivity index (χ1n) is 7.84. The van der Waals surface area contributed by atoms with Crippen molar-refractivity contribution in [1.29, 1.82) is 0 Å². The lowest BCUT2D eigenvalue weighted by Crippen LogP contribution is -2.39. The fourth-order valence-corrected chi connectivity index (χ4v) is 2.95. The average molecular weight is 276 g/mol. The number of phenolic OH excluding ortho intramolecular Hbond substituents is 1. The number of hydrogen-bond donors (Lipinski definition) is 2. The zero-order valence-electron chi connectivity index (χ0n) is 12.8. The summed E-state index contributed by atoms with van der Waals surface area (Å²) in [5, 5.41) is 13.1. The molecule has 0 saturated carbocycles. The summed E-state index contributed by atoms with van der Waals surface area (Å²) in [6.07, 6.45) is 2.62. The molecule has 20 heavy (non-hydrogen) atoms. The van der Waals surface area contributed by atoms with Gasteiger partial charge in [-0.25, -0.2) is 0 Å². The first-order valence-corrected chi connectivity index (χ1v) is 7.84. The number of phenols is 1. The summed E-state index contributed by atoms with van der Waals surface area (Å²) in [7, 11) is 0. The van der Waals surface area contributed by atoms with Crippen LogP contribution in [0.15, 0.2) is 24.3 Å². The second-order valence-electron chi connectivity index (χ2n) is 6.47. The Kier molecular flexibility index (Phi) is 5.86. The van der Waals surface area contributed by atoms with Gasteiger partial charge in [0.1, 0.15) is 5.75 Å². The highest BCUT2D eigenvalue weighted by Gasteiger charge is 2.19. The van der Waals surface area contributed by atoms with Crippen LogP contribution in [0.1, 0.15) is 32.3 Å². The number of benzene rings is 1. The predicted octanol–water partition coefficient (Wildman–Crippen LogP) is 2.85. The van der Waals surface area contributed by atoms with E-state index >= 15 is 0 Å². The molecular formula is C17H28N2O. The van der Waals surface area contributed by atoms with E-state index in [4.69, 9.17) is 0 Å². The van der Waals surface area contributed by atoms with Crippen LogP contribution in [0.3, 0.4) is 0 Å². The molecule has 1 unspecified atom stereocenters. The lowest BCUT2D eigenvalue weighted by molar-refractivity contribution is 0.164. The number of piperidine rings is 1. The van der Waals surface area contributed by atoms with E-state index in [-0.39, 0.29) is 0 Å². The molecule has 3 heteroatoms. The van der Waals surface area contributed by atoms with Gasteiger partial charge in [-0.15, -0.1) is 0 Å². The summed E-state index contributed by atoms with van der Waals surface area (Å²) >= 11 is 0. The van der Waals surface area contributed by atoms with E-state index in [1.165, 1.54) is 31.5 Å². The van der Waals surface area contributed by atoms with Crippen molar-refractivity contribution in [3.63, 3.8) is 0 Å². The molecule has 0 amide bonds. The highest BCUT2D eigenvalue weighted by molar-refractivity contribution is 5.27. The quantitative estimate of drug-likeness (QED) is 0.838. The molecule has 112 valence electrons. The van der Waals surface area contributed by atoms with Gasteiger partial charge in [0.25, 0.3) is 0 Å². The third-order valence-corrected chi connectivity index (χ3v) is 3.91. The Balaban J connectivity index is 1.78. The van der Waals surface area contributed by atoms with E-state index in [1.807, 2.05) is 12.1 Å². The third kappa shape index (κ3) is 5.14. The van der Waals surface area contributed by atoms with Crippen molar-refractivity contribution in [3.05, 3.63) is 29.8 Å². The van der Waals surface area contributed by atoms with Gasteiger partial charge in [-0.3, -0.25) is 4.90 Å². The van der Waals surface area contributed by atoms with Crippen LogP contribution in [0, 0.1) is 11.8 Å². The Morgan fingerprint density at radius 3 is 3.00 bits per heavy atom. The van der Waals surface area contributed by atoms with Crippen LogP contribution in [0.4, 0.5) is 0 Å². The van der Waals surface area contributed by atoms with Crippen molar-refractivity contribution in [3.8, 4) is 5.75 Å². The van der Waals surface area contributed by atoms with Crippen molar-refractivity contribution in [2.24, 2.45) is 11.8 Å². The van der Waals surface area contributed by atoms with Gasteiger partial charge in [0, 0.05) is 13.1 Å². The summed E-state index contributed by atoms with van der Waals surface area (Å²) in [6, 6.07) is 7.63. The fraction of sp³-hybridized carbons (Fsp3) is 0.647. The van der Waals surface area contributed by atoms with E-state index in [2.05, 4.69) is 30.1 Å². The molecule has 0 aliphatic carbocycles. The minimum Gasteiger partial charge on any atom is -0.508 e. The van der Waals surface area contributed by atoms with Crippen LogP contribution < -0.4 is 5.32 Å². The van der Waals surface area contributed by atoms with Gasteiger partial charge in [0.05, 0.1) is 0 Å². The zero-order valence-corrected chi connectivity index (χ0v) is 12.8. The Labute approximate surface area is 123 Å². The van der Waals surface area contributed by atoms with Crippen molar-refractivity contribution in [2.45, 2.75) is 33.2 Å². The van der Waals surface area contributed by atoms with E-state index < -0.39 is 0 Å². The van der Waals surface area contributed by atoms with Crippen LogP contribution in [-0.4, -0.2) is 36.2 Å². The molecule has 2 rings (SSSR count). The molecule has 0 spiro atoms. The third-order valence-electron chi connectivity index (χ3n) is 3.91. The number of hydrogen-bond acceptors (Lipinski definition) is 3. The first-order chi connectivity index (χ1) is 9.63. The van der Waals surface area contributed by atoms with Gasteiger partial charge in [-0.05, 0) is 62.0 Å². The van der Waals surface area contributed by atoms with Gasteiger partial charge in [-0.2, -0.15) is 0 Å². The van der Waals surface area contributed by atoms with Crippen molar-refractivity contribution < 1.29 is 5.11 Å². The van der Waals surface area contributed by atoms with Crippen LogP contribution in [-0.2, 0) is 6.54 Å². The summed E-state index contributed by atoms with van der Waals surface area (Å²) in [6.45, 7) is 10.0. The molecule has 1 heterocycles. The van der Waals surface area contributed by atoms with Gasteiger partial charge < -0.3 is 10.4 Å². The smallest absolute Gasteiger partial charge is 0.115 e. The molecule has 1 fully saturated rings. The second-order valence-corrected chi connectivity index (χ2v) is 6.47. The van der Waals surface area contributed by atoms with Gasteiger partial charge in [-0.1, -0.05) is 26.0 Å². The van der Waals surface area contributed by atoms with Gasteiger partial charge in [0.2, 0.25) is 0 Å². The van der Waals surface area contributed by atoms with Crippen molar-refractivity contribution in [2.75, 3.05) is 26.2 Å². The number of nitrogens with zero attached hydrogens (tertiary/aromatic N) is 1. The number of likely N-dealkylation sites (tertiary alicyclic amines) is 1. The Morgan fingerprint density at radius 2 is 2.25 bits per heavy atom. The van der Waals surface area contributed by atoms with Crippen LogP contribution in [0.2, 0.25) is 0 Å². The minimum atomic E-state index is 0.370. The maximum absolute atomic E-state index is 9.53. The highest BCUT2D eigenvalue weighted by atomic mass is 16.3. The lowest BCUT2D eigenvalue weighted by Gasteiger charge is -2.33. The maximum Gasteiger partial charge on any atom is 0.115 e. The average Bonchev–Trinajstić information content (AvgIpc) is 2.39. The highest BCUT2D eigenvalue weighted by Crippen LogP contribution is 2.19. The normalized spacial score (nSPS) is 20.4. The Bertz CT molecular complexity index is 406. The molecular weight excluding hydrogens is 248 g/mol. The molecule has 1 saturated heterocycles. The van der Waals surface area contributed by atoms with Crippen LogP contribution in [0.25, 0.3) is 0 Å². The van der Waals surface area contributed by atoms with E-state index in [0.717, 1.165) is 31.5 Å². The predicted molar refractivity (Wildman–Crippen MR) is 83.8 cm³/mol. The zero-order chi connectivity index (χ0) is 14.4. The Hall–Kier alpha value is -1.06. The molecule has 1 atom stereocenters. The van der Waals surface area contributed by atoms with E-state index in [1.54, 1.807) is 6.07 Å². The van der Waals surface area contributed by atoms with Crippen molar-refractivity contribution >= 4 is 0 Å². The maximum atomic E-state index is 9.53. The van der Waals surface area contributed by atoms with Crippen LogP contribution >= 0.6 is 0 Å². The molecule has 1 aromatic carbocycles. The largest absolute Gasteiger partial charge is 0.508 e. The SMILES string of the molecule is CC(C)CNCC1CCCN(Cc2cccc(O)c2)C1. The first kappa shape index (κ1) is 15.3. The summed E-state index contributed by atoms with van der Waals surface area (Å²) in [4.78, 5) is 2.51. The molecule has 0 radical (unpaired) electrons. The summed E-state index contributed by atoms with van der Waals surface area (Å²) in [5.41, 5.74) is 1.21. The monoisotopic (exact) mass is 276 g/mol. The molecule has 1 aliphatic heterocycles. The second kappa shape index (κ2) is 7.65. The molecule has 0 bridgehead atoms. The van der Waals surface area contributed by atoms with Crippen molar-refractivity contribution in [1.82, 2.24) is 10.2 Å². The molecule has 1 aromatic rings. The molecule has 1 aliphatic rings. The topological polar surface area (TPSA) is 35.5 Å². The van der Waals surface area contributed by atoms with Gasteiger partial charge in [0.15, 0.2) is 0 Å². The number of nitrogens with one attached hydrogen (secondary N) is 1. The van der Waals surface area contributed by atoms with Crippen LogP contribution in [0.5, 0.6) is 5.75 Å². The lowest BCUT2D eigenvalue weighted by atomic mass is 9.97. The number of aromatic hydroxyl groups is 1. The number of rotatable bonds is 6. The Morgan fingerprint density at radius 1 is 1.40 bits per heavy atom.